The third kappa shape index (κ3) is 6.35. The topological polar surface area (TPSA) is 26.3 Å². The number of allylic oxidation sites excluding steroid dienone is 1. The summed E-state index contributed by atoms with van der Waals surface area (Å²) in [6, 6.07) is 3.91. The molecule has 1 aromatic rings. The second kappa shape index (κ2) is 10.6. The van der Waals surface area contributed by atoms with Crippen molar-refractivity contribution in [3.05, 3.63) is 34.0 Å². The SMILES string of the molecule is C=C(Cc1ccc(C(=O)OCC)s1)C(CCCC)CCCC. The molecule has 124 valence electrons. The Morgan fingerprint density at radius 1 is 1.18 bits per heavy atom. The number of esters is 1. The Labute approximate surface area is 139 Å². The van der Waals surface area contributed by atoms with Gasteiger partial charge in [0.2, 0.25) is 0 Å². The van der Waals surface area contributed by atoms with Gasteiger partial charge in [0.15, 0.2) is 0 Å². The maximum absolute atomic E-state index is 11.7. The molecule has 0 aliphatic carbocycles. The minimum absolute atomic E-state index is 0.210. The molecule has 0 unspecified atom stereocenters. The number of carbonyl (C=O) groups is 1. The number of hydrogen-bond acceptors (Lipinski definition) is 3. The zero-order valence-electron chi connectivity index (χ0n) is 14.3. The lowest BCUT2D eigenvalue weighted by molar-refractivity contribution is 0.0532. The second-order valence-corrected chi connectivity index (χ2v) is 6.97. The third-order valence-corrected chi connectivity index (χ3v) is 4.99. The molecular formula is C19H30O2S. The molecule has 0 radical (unpaired) electrons. The molecule has 0 bridgehead atoms. The zero-order chi connectivity index (χ0) is 16.4. The maximum Gasteiger partial charge on any atom is 0.348 e. The predicted molar refractivity (Wildman–Crippen MR) is 95.7 cm³/mol. The van der Waals surface area contributed by atoms with Crippen LogP contribution in [0.1, 0.15) is 73.8 Å². The monoisotopic (exact) mass is 322 g/mol. The molecule has 1 aromatic heterocycles. The first-order chi connectivity index (χ1) is 10.6. The molecule has 0 N–H and O–H groups in total. The van der Waals surface area contributed by atoms with Crippen molar-refractivity contribution in [2.45, 2.75) is 65.7 Å². The molecule has 1 heterocycles. The molecule has 0 saturated heterocycles. The molecule has 0 aliphatic heterocycles. The van der Waals surface area contributed by atoms with Crippen molar-refractivity contribution in [1.82, 2.24) is 0 Å². The van der Waals surface area contributed by atoms with Crippen LogP contribution in [-0.4, -0.2) is 12.6 Å². The summed E-state index contributed by atoms with van der Waals surface area (Å²) in [6.07, 6.45) is 8.39. The number of thiophene rings is 1. The lowest BCUT2D eigenvalue weighted by Gasteiger charge is -2.19. The molecule has 0 aromatic carbocycles. The predicted octanol–water partition coefficient (Wildman–Crippen LogP) is 6.02. The summed E-state index contributed by atoms with van der Waals surface area (Å²) >= 11 is 1.54. The van der Waals surface area contributed by atoms with Gasteiger partial charge in [-0.1, -0.05) is 51.7 Å². The van der Waals surface area contributed by atoms with Gasteiger partial charge in [0.25, 0.3) is 0 Å². The zero-order valence-corrected chi connectivity index (χ0v) is 15.1. The lowest BCUT2D eigenvalue weighted by Crippen LogP contribution is -2.06. The molecule has 3 heteroatoms. The van der Waals surface area contributed by atoms with E-state index in [2.05, 4.69) is 20.4 Å². The van der Waals surface area contributed by atoms with Crippen LogP contribution in [-0.2, 0) is 11.2 Å². The normalized spacial score (nSPS) is 10.9. The first-order valence-electron chi connectivity index (χ1n) is 8.55. The Balaban J connectivity index is 2.62. The number of hydrogen-bond donors (Lipinski definition) is 0. The van der Waals surface area contributed by atoms with Gasteiger partial charge in [0, 0.05) is 11.3 Å². The van der Waals surface area contributed by atoms with Crippen LogP contribution in [0.3, 0.4) is 0 Å². The van der Waals surface area contributed by atoms with Crippen LogP contribution in [0.25, 0.3) is 0 Å². The minimum atomic E-state index is -0.210. The molecule has 0 fully saturated rings. The fourth-order valence-corrected chi connectivity index (χ4v) is 3.56. The van der Waals surface area contributed by atoms with E-state index >= 15 is 0 Å². The van der Waals surface area contributed by atoms with Crippen molar-refractivity contribution < 1.29 is 9.53 Å². The molecule has 0 amide bonds. The van der Waals surface area contributed by atoms with Crippen LogP contribution >= 0.6 is 11.3 Å². The van der Waals surface area contributed by atoms with Crippen molar-refractivity contribution in [1.29, 1.82) is 0 Å². The van der Waals surface area contributed by atoms with E-state index in [0.717, 1.165) is 6.42 Å². The van der Waals surface area contributed by atoms with Crippen LogP contribution in [0.4, 0.5) is 0 Å². The Hall–Kier alpha value is -1.09. The molecule has 0 saturated carbocycles. The van der Waals surface area contributed by atoms with E-state index in [-0.39, 0.29) is 5.97 Å². The summed E-state index contributed by atoms with van der Waals surface area (Å²) < 4.78 is 5.05. The van der Waals surface area contributed by atoms with Crippen molar-refractivity contribution in [3.63, 3.8) is 0 Å². The summed E-state index contributed by atoms with van der Waals surface area (Å²) in [5.74, 6) is 0.408. The molecule has 0 aliphatic rings. The third-order valence-electron chi connectivity index (χ3n) is 3.93. The highest BCUT2D eigenvalue weighted by Crippen LogP contribution is 2.28. The number of ether oxygens (including phenoxy) is 1. The largest absolute Gasteiger partial charge is 0.462 e. The van der Waals surface area contributed by atoms with Crippen molar-refractivity contribution in [2.24, 2.45) is 5.92 Å². The Morgan fingerprint density at radius 3 is 2.36 bits per heavy atom. The van der Waals surface area contributed by atoms with Crippen molar-refractivity contribution in [3.8, 4) is 0 Å². The fraction of sp³-hybridized carbons (Fsp3) is 0.632. The molecule has 1 rings (SSSR count). The van der Waals surface area contributed by atoms with Gasteiger partial charge in [-0.05, 0) is 37.8 Å². The van der Waals surface area contributed by atoms with Gasteiger partial charge in [0.05, 0.1) is 6.61 Å². The summed E-state index contributed by atoms with van der Waals surface area (Å²) in [5.41, 5.74) is 1.32. The van der Waals surface area contributed by atoms with E-state index in [4.69, 9.17) is 4.74 Å². The first kappa shape index (κ1) is 19.0. The smallest absolute Gasteiger partial charge is 0.348 e. The van der Waals surface area contributed by atoms with E-state index in [0.29, 0.717) is 17.4 Å². The van der Waals surface area contributed by atoms with Crippen LogP contribution in [0.5, 0.6) is 0 Å². The van der Waals surface area contributed by atoms with Crippen LogP contribution in [0.2, 0.25) is 0 Å². The molecule has 22 heavy (non-hydrogen) atoms. The summed E-state index contributed by atoms with van der Waals surface area (Å²) in [5, 5.41) is 0. The van der Waals surface area contributed by atoms with Crippen LogP contribution in [0.15, 0.2) is 24.3 Å². The minimum Gasteiger partial charge on any atom is -0.462 e. The fourth-order valence-electron chi connectivity index (χ4n) is 2.61. The van der Waals surface area contributed by atoms with Crippen LogP contribution in [0, 0.1) is 5.92 Å². The number of carbonyl (C=O) groups excluding carboxylic acids is 1. The van der Waals surface area contributed by atoms with Gasteiger partial charge < -0.3 is 4.74 Å². The Morgan fingerprint density at radius 2 is 1.82 bits per heavy atom. The van der Waals surface area contributed by atoms with E-state index in [1.165, 1.54) is 60.3 Å². The Kier molecular flexibility index (Phi) is 9.14. The highest BCUT2D eigenvalue weighted by molar-refractivity contribution is 7.13. The molecular weight excluding hydrogens is 292 g/mol. The second-order valence-electron chi connectivity index (χ2n) is 5.80. The van der Waals surface area contributed by atoms with Gasteiger partial charge >= 0.3 is 5.97 Å². The highest BCUT2D eigenvalue weighted by atomic mass is 32.1. The Bertz CT molecular complexity index is 454. The molecule has 2 nitrogen and oxygen atoms in total. The van der Waals surface area contributed by atoms with E-state index in [1.807, 2.05) is 19.1 Å². The van der Waals surface area contributed by atoms with Crippen molar-refractivity contribution in [2.75, 3.05) is 6.61 Å². The molecule has 0 atom stereocenters. The van der Waals surface area contributed by atoms with Gasteiger partial charge in [-0.2, -0.15) is 0 Å². The number of rotatable bonds is 11. The van der Waals surface area contributed by atoms with Gasteiger partial charge in [-0.25, -0.2) is 4.79 Å². The molecule has 0 spiro atoms. The lowest BCUT2D eigenvalue weighted by atomic mass is 9.87. The maximum atomic E-state index is 11.7. The summed E-state index contributed by atoms with van der Waals surface area (Å²) in [6.45, 7) is 11.1. The van der Waals surface area contributed by atoms with Crippen LogP contribution < -0.4 is 0 Å². The van der Waals surface area contributed by atoms with Gasteiger partial charge in [-0.3, -0.25) is 0 Å². The van der Waals surface area contributed by atoms with Gasteiger partial charge in [-0.15, -0.1) is 11.3 Å². The van der Waals surface area contributed by atoms with E-state index in [9.17, 15) is 4.79 Å². The van der Waals surface area contributed by atoms with E-state index < -0.39 is 0 Å². The average molecular weight is 323 g/mol. The van der Waals surface area contributed by atoms with E-state index in [1.54, 1.807) is 0 Å². The highest BCUT2D eigenvalue weighted by Gasteiger charge is 2.15. The standard InChI is InChI=1S/C19H30O2S/c1-5-8-10-16(11-9-6-2)15(4)14-17-12-13-18(22-17)19(20)21-7-3/h12-13,16H,4-11,14H2,1-3H3. The van der Waals surface area contributed by atoms with Crippen molar-refractivity contribution >= 4 is 17.3 Å². The summed E-state index contributed by atoms with van der Waals surface area (Å²) in [4.78, 5) is 13.6. The average Bonchev–Trinajstić information content (AvgIpc) is 2.96. The number of unbranched alkanes of at least 4 members (excludes halogenated alkanes) is 2. The summed E-state index contributed by atoms with van der Waals surface area (Å²) in [7, 11) is 0. The van der Waals surface area contributed by atoms with Gasteiger partial charge in [0.1, 0.15) is 4.88 Å². The first-order valence-corrected chi connectivity index (χ1v) is 9.37. The quantitative estimate of drug-likeness (QED) is 0.368.